The minimum Gasteiger partial charge on any atom is -0.484 e. The molecule has 0 atom stereocenters. The van der Waals surface area contributed by atoms with Crippen molar-refractivity contribution in [2.45, 2.75) is 40.1 Å². The normalized spacial score (nSPS) is 11.2. The van der Waals surface area contributed by atoms with Gasteiger partial charge in [0.15, 0.2) is 18.2 Å². The molecule has 0 saturated heterocycles. The molecule has 0 radical (unpaired) electrons. The number of hydrogen-bond donors (Lipinski definition) is 1. The van der Waals surface area contributed by atoms with Gasteiger partial charge in [-0.1, -0.05) is 23.4 Å². The van der Waals surface area contributed by atoms with Gasteiger partial charge in [-0.25, -0.2) is 0 Å². The summed E-state index contributed by atoms with van der Waals surface area (Å²) in [7, 11) is 0. The predicted molar refractivity (Wildman–Crippen MR) is 114 cm³/mol. The number of anilines is 1. The number of benzene rings is 2. The highest BCUT2D eigenvalue weighted by molar-refractivity contribution is 6.06. The Labute approximate surface area is 179 Å². The van der Waals surface area contributed by atoms with Gasteiger partial charge in [-0.2, -0.15) is 4.98 Å². The van der Waals surface area contributed by atoms with Gasteiger partial charge in [0.1, 0.15) is 11.3 Å². The average Bonchev–Trinajstić information content (AvgIpc) is 3.35. The van der Waals surface area contributed by atoms with Crippen LogP contribution in [0.5, 0.6) is 5.75 Å². The van der Waals surface area contributed by atoms with Crippen LogP contribution >= 0.6 is 0 Å². The lowest BCUT2D eigenvalue weighted by molar-refractivity contribution is 0.0648. The van der Waals surface area contributed by atoms with Crippen LogP contribution in [0.3, 0.4) is 0 Å². The number of ether oxygens (including phenoxy) is 2. The molecule has 2 heterocycles. The zero-order valence-corrected chi connectivity index (χ0v) is 17.5. The largest absolute Gasteiger partial charge is 0.484 e. The fourth-order valence-corrected chi connectivity index (χ4v) is 3.04. The van der Waals surface area contributed by atoms with Gasteiger partial charge in [0.2, 0.25) is 0 Å². The van der Waals surface area contributed by atoms with Crippen LogP contribution in [0.2, 0.25) is 0 Å². The zero-order valence-electron chi connectivity index (χ0n) is 17.5. The molecule has 0 unspecified atom stereocenters. The number of carbonyl (C=O) groups excluding carboxylic acids is 1. The number of nitrogens with one attached hydrogen (secondary N) is 1. The highest BCUT2D eigenvalue weighted by atomic mass is 16.5. The minimum absolute atomic E-state index is 0.0354. The lowest BCUT2D eigenvalue weighted by atomic mass is 10.1. The van der Waals surface area contributed by atoms with E-state index in [-0.39, 0.29) is 24.4 Å². The van der Waals surface area contributed by atoms with Crippen LogP contribution in [0.1, 0.15) is 41.7 Å². The number of rotatable bonds is 8. The van der Waals surface area contributed by atoms with Gasteiger partial charge in [0.05, 0.1) is 12.7 Å². The van der Waals surface area contributed by atoms with Crippen LogP contribution in [0.25, 0.3) is 11.0 Å². The van der Waals surface area contributed by atoms with E-state index in [9.17, 15) is 4.79 Å². The average molecular weight is 421 g/mol. The van der Waals surface area contributed by atoms with Crippen molar-refractivity contribution in [1.29, 1.82) is 0 Å². The predicted octanol–water partition coefficient (Wildman–Crippen LogP) is 4.88. The van der Waals surface area contributed by atoms with E-state index in [4.69, 9.17) is 18.4 Å². The van der Waals surface area contributed by atoms with Crippen molar-refractivity contribution in [3.8, 4) is 5.75 Å². The second-order valence-electron chi connectivity index (χ2n) is 7.27. The van der Waals surface area contributed by atoms with Crippen molar-refractivity contribution in [3.05, 3.63) is 71.6 Å². The summed E-state index contributed by atoms with van der Waals surface area (Å²) in [5.74, 6) is 1.47. The Kier molecular flexibility index (Phi) is 5.99. The zero-order chi connectivity index (χ0) is 21.8. The first kappa shape index (κ1) is 20.6. The first-order valence-electron chi connectivity index (χ1n) is 9.95. The molecule has 1 N–H and O–H groups in total. The first-order chi connectivity index (χ1) is 15.0. The number of para-hydroxylation sites is 1. The van der Waals surface area contributed by atoms with E-state index in [2.05, 4.69) is 15.5 Å². The summed E-state index contributed by atoms with van der Waals surface area (Å²) < 4.78 is 22.2. The number of fused-ring (bicyclic) bond motifs is 1. The maximum absolute atomic E-state index is 12.9. The maximum atomic E-state index is 12.9. The van der Waals surface area contributed by atoms with E-state index < -0.39 is 0 Å². The third-order valence-electron chi connectivity index (χ3n) is 4.51. The van der Waals surface area contributed by atoms with Crippen molar-refractivity contribution in [1.82, 2.24) is 10.1 Å². The number of aromatic nitrogens is 2. The van der Waals surface area contributed by atoms with Crippen LogP contribution in [0.4, 0.5) is 5.69 Å². The number of carbonyl (C=O) groups is 1. The van der Waals surface area contributed by atoms with Gasteiger partial charge >= 0.3 is 0 Å². The molecule has 8 heteroatoms. The number of nitrogens with zero attached hydrogens (tertiary/aromatic N) is 2. The quantitative estimate of drug-likeness (QED) is 0.433. The van der Waals surface area contributed by atoms with Crippen LogP contribution in [0.15, 0.2) is 57.5 Å². The van der Waals surface area contributed by atoms with Gasteiger partial charge in [0, 0.05) is 16.6 Å². The molecule has 4 aromatic rings. The van der Waals surface area contributed by atoms with E-state index in [1.807, 2.05) is 38.1 Å². The molecule has 0 aliphatic heterocycles. The van der Waals surface area contributed by atoms with E-state index in [1.54, 1.807) is 31.2 Å². The summed E-state index contributed by atoms with van der Waals surface area (Å²) in [5.41, 5.74) is 1.99. The van der Waals surface area contributed by atoms with Gasteiger partial charge < -0.3 is 23.7 Å². The lowest BCUT2D eigenvalue weighted by Gasteiger charge is -2.09. The van der Waals surface area contributed by atoms with Gasteiger partial charge in [-0.3, -0.25) is 4.79 Å². The summed E-state index contributed by atoms with van der Waals surface area (Å²) in [5, 5.41) is 7.45. The fourth-order valence-electron chi connectivity index (χ4n) is 3.04. The molecular weight excluding hydrogens is 398 g/mol. The van der Waals surface area contributed by atoms with Crippen molar-refractivity contribution in [3.63, 3.8) is 0 Å². The molecule has 0 fully saturated rings. The van der Waals surface area contributed by atoms with Crippen LogP contribution < -0.4 is 10.1 Å². The molecule has 2 aromatic heterocycles. The van der Waals surface area contributed by atoms with Crippen molar-refractivity contribution in [2.75, 3.05) is 5.32 Å². The molecular formula is C23H23N3O5. The molecule has 0 bridgehead atoms. The lowest BCUT2D eigenvalue weighted by Crippen LogP contribution is -2.14. The maximum Gasteiger partial charge on any atom is 0.291 e. The van der Waals surface area contributed by atoms with Crippen LogP contribution in [0, 0.1) is 6.92 Å². The standard InChI is InChI=1S/C23H23N3O5/c1-14(2)28-12-19-18-6-4-5-7-20(18)30-22(19)23(27)25-16-8-10-17(11-9-16)29-13-21-24-15(3)26-31-21/h4-11,14H,12-13H2,1-3H3,(H,25,27). The Morgan fingerprint density at radius 3 is 2.58 bits per heavy atom. The summed E-state index contributed by atoms with van der Waals surface area (Å²) in [6, 6.07) is 14.5. The Hall–Kier alpha value is -3.65. The molecule has 0 aliphatic rings. The molecule has 0 saturated carbocycles. The third kappa shape index (κ3) is 4.92. The monoisotopic (exact) mass is 421 g/mol. The molecule has 4 rings (SSSR count). The molecule has 31 heavy (non-hydrogen) atoms. The van der Waals surface area contributed by atoms with Crippen LogP contribution in [-0.2, 0) is 18.0 Å². The van der Waals surface area contributed by atoms with E-state index in [0.717, 1.165) is 10.9 Å². The smallest absolute Gasteiger partial charge is 0.291 e. The molecule has 160 valence electrons. The van der Waals surface area contributed by atoms with Gasteiger partial charge in [0.25, 0.3) is 11.8 Å². The third-order valence-corrected chi connectivity index (χ3v) is 4.51. The Balaban J connectivity index is 1.46. The van der Waals surface area contributed by atoms with E-state index in [1.165, 1.54) is 0 Å². The Morgan fingerprint density at radius 2 is 1.87 bits per heavy atom. The number of amides is 1. The second kappa shape index (κ2) is 9.01. The minimum atomic E-state index is -0.339. The van der Waals surface area contributed by atoms with Gasteiger partial charge in [-0.15, -0.1) is 0 Å². The Bertz CT molecular complexity index is 1180. The van der Waals surface area contributed by atoms with Crippen molar-refractivity contribution < 1.29 is 23.2 Å². The van der Waals surface area contributed by atoms with Crippen molar-refractivity contribution >= 4 is 22.6 Å². The molecule has 2 aromatic carbocycles. The van der Waals surface area contributed by atoms with Gasteiger partial charge in [-0.05, 0) is 51.1 Å². The SMILES string of the molecule is Cc1noc(COc2ccc(NC(=O)c3oc4ccccc4c3COC(C)C)cc2)n1. The fraction of sp³-hybridized carbons (Fsp3) is 0.261. The van der Waals surface area contributed by atoms with E-state index in [0.29, 0.717) is 35.3 Å². The highest BCUT2D eigenvalue weighted by Crippen LogP contribution is 2.28. The number of furan rings is 1. The molecule has 1 amide bonds. The summed E-state index contributed by atoms with van der Waals surface area (Å²) in [6.45, 7) is 6.10. The molecule has 0 aliphatic carbocycles. The number of hydrogen-bond acceptors (Lipinski definition) is 7. The molecule has 0 spiro atoms. The second-order valence-corrected chi connectivity index (χ2v) is 7.27. The molecule has 8 nitrogen and oxygen atoms in total. The van der Waals surface area contributed by atoms with Crippen LogP contribution in [-0.4, -0.2) is 22.2 Å². The highest BCUT2D eigenvalue weighted by Gasteiger charge is 2.21. The summed E-state index contributed by atoms with van der Waals surface area (Å²) in [4.78, 5) is 17.0. The Morgan fingerprint density at radius 1 is 1.10 bits per heavy atom. The first-order valence-corrected chi connectivity index (χ1v) is 9.95. The van der Waals surface area contributed by atoms with E-state index >= 15 is 0 Å². The van der Waals surface area contributed by atoms with Crippen molar-refractivity contribution in [2.24, 2.45) is 0 Å². The topological polar surface area (TPSA) is 99.6 Å². The summed E-state index contributed by atoms with van der Waals surface area (Å²) >= 11 is 0. The summed E-state index contributed by atoms with van der Waals surface area (Å²) in [6.07, 6.45) is 0.0354. The number of aryl methyl sites for hydroxylation is 1.